The second-order valence-electron chi connectivity index (χ2n) is 2.31. The van der Waals surface area contributed by atoms with Crippen molar-refractivity contribution in [2.45, 2.75) is 33.1 Å². The minimum absolute atomic E-state index is 0.563. The zero-order valence-corrected chi connectivity index (χ0v) is 6.12. The quantitative estimate of drug-likeness (QED) is 0.543. The first-order valence-electron chi connectivity index (χ1n) is 3.27. The number of hydrogen-bond donors (Lipinski definition) is 2. The van der Waals surface area contributed by atoms with Gasteiger partial charge < -0.3 is 10.8 Å². The molecule has 0 aromatic rings. The van der Waals surface area contributed by atoms with Gasteiger partial charge in [0, 0.05) is 17.8 Å². The summed E-state index contributed by atoms with van der Waals surface area (Å²) in [6.07, 6.45) is 2.43. The summed E-state index contributed by atoms with van der Waals surface area (Å²) in [5.41, 5.74) is 1.28. The molecule has 0 aromatic heterocycles. The average molecular weight is 126 g/mol. The van der Waals surface area contributed by atoms with E-state index in [0.29, 0.717) is 17.8 Å². The van der Waals surface area contributed by atoms with Crippen LogP contribution >= 0.6 is 0 Å². The lowest BCUT2D eigenvalue weighted by molar-refractivity contribution is 0.972. The molecule has 0 aromatic carbocycles. The fraction of sp³-hybridized carbons (Fsp3) is 0.714. The summed E-state index contributed by atoms with van der Waals surface area (Å²) in [6.45, 7) is 3.79. The molecule has 2 nitrogen and oxygen atoms in total. The van der Waals surface area contributed by atoms with Crippen LogP contribution in [0.25, 0.3) is 0 Å². The molecule has 0 aliphatic heterocycles. The van der Waals surface area contributed by atoms with E-state index in [1.54, 1.807) is 6.92 Å². The fourth-order valence-corrected chi connectivity index (χ4v) is 0.710. The van der Waals surface area contributed by atoms with Gasteiger partial charge in [0.05, 0.1) is 0 Å². The van der Waals surface area contributed by atoms with Crippen molar-refractivity contribution in [3.05, 3.63) is 0 Å². The second kappa shape index (κ2) is 4.24. The molecule has 0 saturated heterocycles. The van der Waals surface area contributed by atoms with Crippen LogP contribution in [0, 0.1) is 10.8 Å². The highest BCUT2D eigenvalue weighted by molar-refractivity contribution is 6.00. The molecule has 0 aliphatic carbocycles. The lowest BCUT2D eigenvalue weighted by Crippen LogP contribution is -2.01. The maximum atomic E-state index is 7.28. The zero-order chi connectivity index (χ0) is 7.28. The number of hydrogen-bond acceptors (Lipinski definition) is 2. The van der Waals surface area contributed by atoms with E-state index in [1.807, 2.05) is 6.92 Å². The number of rotatable bonds is 4. The highest BCUT2D eigenvalue weighted by Gasteiger charge is 1.94. The fourth-order valence-electron chi connectivity index (χ4n) is 0.710. The second-order valence-corrected chi connectivity index (χ2v) is 2.31. The third kappa shape index (κ3) is 5.21. The Bertz CT molecular complexity index is 116. The Hall–Kier alpha value is -0.660. The summed E-state index contributed by atoms with van der Waals surface area (Å²) in [4.78, 5) is 0. The van der Waals surface area contributed by atoms with Gasteiger partial charge in [0.15, 0.2) is 0 Å². The molecule has 0 fully saturated rings. The highest BCUT2D eigenvalue weighted by Crippen LogP contribution is 1.94. The average Bonchev–Trinajstić information content (AvgIpc) is 1.63. The topological polar surface area (TPSA) is 47.7 Å². The van der Waals surface area contributed by atoms with E-state index in [1.165, 1.54) is 0 Å². The van der Waals surface area contributed by atoms with E-state index in [9.17, 15) is 0 Å². The van der Waals surface area contributed by atoms with Crippen LogP contribution in [0.4, 0.5) is 0 Å². The largest absolute Gasteiger partial charge is 0.310 e. The number of nitrogens with one attached hydrogen (secondary N) is 2. The van der Waals surface area contributed by atoms with Crippen molar-refractivity contribution in [3.63, 3.8) is 0 Å². The van der Waals surface area contributed by atoms with Gasteiger partial charge in [0.1, 0.15) is 0 Å². The van der Waals surface area contributed by atoms with Crippen LogP contribution in [-0.2, 0) is 0 Å². The van der Waals surface area contributed by atoms with Crippen molar-refractivity contribution in [3.8, 4) is 0 Å². The monoisotopic (exact) mass is 126 g/mol. The van der Waals surface area contributed by atoms with E-state index in [0.717, 1.165) is 12.8 Å². The predicted molar refractivity (Wildman–Crippen MR) is 40.7 cm³/mol. The zero-order valence-electron chi connectivity index (χ0n) is 6.12. The van der Waals surface area contributed by atoms with Gasteiger partial charge in [-0.3, -0.25) is 0 Å². The smallest absolute Gasteiger partial charge is 0.0226 e. The SMILES string of the molecule is CCCC(=N)CC(C)=N. The molecular weight excluding hydrogens is 112 g/mol. The molecule has 0 bridgehead atoms. The molecule has 0 radical (unpaired) electrons. The Balaban J connectivity index is 3.39. The van der Waals surface area contributed by atoms with Crippen molar-refractivity contribution in [2.24, 2.45) is 0 Å². The molecule has 0 rings (SSSR count). The van der Waals surface area contributed by atoms with Crippen molar-refractivity contribution < 1.29 is 0 Å². The van der Waals surface area contributed by atoms with Crippen LogP contribution in [0.3, 0.4) is 0 Å². The van der Waals surface area contributed by atoms with E-state index in [-0.39, 0.29) is 0 Å². The van der Waals surface area contributed by atoms with E-state index in [4.69, 9.17) is 10.8 Å². The van der Waals surface area contributed by atoms with Gasteiger partial charge in [0.25, 0.3) is 0 Å². The van der Waals surface area contributed by atoms with Crippen molar-refractivity contribution >= 4 is 11.4 Å². The summed E-state index contributed by atoms with van der Waals surface area (Å²) < 4.78 is 0. The molecule has 0 atom stereocenters. The summed E-state index contributed by atoms with van der Waals surface area (Å²) in [5, 5.41) is 14.3. The standard InChI is InChI=1S/C7H14N2/c1-3-4-7(9)5-6(2)8/h8-9H,3-5H2,1-2H3. The molecule has 52 valence electrons. The van der Waals surface area contributed by atoms with Gasteiger partial charge in [-0.25, -0.2) is 0 Å². The molecule has 2 heteroatoms. The molecule has 0 aliphatic rings. The Morgan fingerprint density at radius 2 is 1.89 bits per heavy atom. The van der Waals surface area contributed by atoms with Crippen LogP contribution in [-0.4, -0.2) is 11.4 Å². The predicted octanol–water partition coefficient (Wildman–Crippen LogP) is 2.24. The van der Waals surface area contributed by atoms with Gasteiger partial charge in [-0.1, -0.05) is 13.3 Å². The Morgan fingerprint density at radius 3 is 2.22 bits per heavy atom. The van der Waals surface area contributed by atoms with Crippen molar-refractivity contribution in [1.29, 1.82) is 10.8 Å². The summed E-state index contributed by atoms with van der Waals surface area (Å²) in [7, 11) is 0. The van der Waals surface area contributed by atoms with Crippen LogP contribution in [0.5, 0.6) is 0 Å². The van der Waals surface area contributed by atoms with Crippen LogP contribution < -0.4 is 0 Å². The first-order valence-corrected chi connectivity index (χ1v) is 3.27. The molecular formula is C7H14N2. The van der Waals surface area contributed by atoms with Crippen LogP contribution in [0.2, 0.25) is 0 Å². The normalized spacial score (nSPS) is 9.11. The minimum Gasteiger partial charge on any atom is -0.310 e. The summed E-state index contributed by atoms with van der Waals surface area (Å²) >= 11 is 0. The maximum absolute atomic E-state index is 7.28. The van der Waals surface area contributed by atoms with Crippen LogP contribution in [0.1, 0.15) is 33.1 Å². The Morgan fingerprint density at radius 1 is 1.33 bits per heavy atom. The first kappa shape index (κ1) is 8.34. The molecule has 0 unspecified atom stereocenters. The Labute approximate surface area is 56.3 Å². The third-order valence-electron chi connectivity index (χ3n) is 1.03. The maximum Gasteiger partial charge on any atom is 0.0226 e. The van der Waals surface area contributed by atoms with Crippen molar-refractivity contribution in [2.75, 3.05) is 0 Å². The van der Waals surface area contributed by atoms with E-state index < -0.39 is 0 Å². The Kier molecular flexibility index (Phi) is 3.93. The van der Waals surface area contributed by atoms with Crippen LogP contribution in [0.15, 0.2) is 0 Å². The van der Waals surface area contributed by atoms with Gasteiger partial charge in [0.2, 0.25) is 0 Å². The molecule has 0 heterocycles. The lowest BCUT2D eigenvalue weighted by atomic mass is 10.1. The third-order valence-corrected chi connectivity index (χ3v) is 1.03. The lowest BCUT2D eigenvalue weighted by Gasteiger charge is -1.97. The van der Waals surface area contributed by atoms with Gasteiger partial charge >= 0.3 is 0 Å². The molecule has 0 saturated carbocycles. The van der Waals surface area contributed by atoms with Gasteiger partial charge in [-0.15, -0.1) is 0 Å². The minimum atomic E-state index is 0.563. The van der Waals surface area contributed by atoms with E-state index in [2.05, 4.69) is 0 Å². The highest BCUT2D eigenvalue weighted by atomic mass is 14.4. The first-order chi connectivity index (χ1) is 4.16. The molecule has 9 heavy (non-hydrogen) atoms. The van der Waals surface area contributed by atoms with Gasteiger partial charge in [-0.2, -0.15) is 0 Å². The van der Waals surface area contributed by atoms with E-state index >= 15 is 0 Å². The molecule has 2 N–H and O–H groups in total. The molecule has 0 spiro atoms. The summed E-state index contributed by atoms with van der Waals surface area (Å²) in [5.74, 6) is 0. The van der Waals surface area contributed by atoms with Crippen molar-refractivity contribution in [1.82, 2.24) is 0 Å². The summed E-state index contributed by atoms with van der Waals surface area (Å²) in [6, 6.07) is 0. The molecule has 0 amide bonds. The van der Waals surface area contributed by atoms with Gasteiger partial charge in [-0.05, 0) is 13.3 Å².